The predicted molar refractivity (Wildman–Crippen MR) is 225 cm³/mol. The summed E-state index contributed by atoms with van der Waals surface area (Å²) in [5.74, 6) is -1.37. The number of carbonyl (C=O) groups excluding carboxylic acids is 8. The highest BCUT2D eigenvalue weighted by molar-refractivity contribution is 5.85. The number of nitrogens with one attached hydrogen (secondary N) is 8. The Labute approximate surface area is 346 Å². The summed E-state index contributed by atoms with van der Waals surface area (Å²) in [6, 6.07) is 0. The van der Waals surface area contributed by atoms with Gasteiger partial charge in [-0.25, -0.2) is 0 Å². The minimum absolute atomic E-state index is 0.00368. The highest BCUT2D eigenvalue weighted by Crippen LogP contribution is 2.17. The molecular weight excluding hydrogens is 747 g/mol. The molecule has 0 atom stereocenters. The Morgan fingerprint density at radius 3 is 1.05 bits per heavy atom. The van der Waals surface area contributed by atoms with E-state index in [1.807, 2.05) is 46.4 Å². The molecule has 0 spiro atoms. The van der Waals surface area contributed by atoms with Crippen LogP contribution in [0.5, 0.6) is 0 Å². The molecule has 0 aliphatic rings. The van der Waals surface area contributed by atoms with Crippen molar-refractivity contribution in [3.8, 4) is 0 Å². The molecule has 0 aliphatic heterocycles. The second-order valence-electron chi connectivity index (χ2n) is 17.4. The van der Waals surface area contributed by atoms with Gasteiger partial charge in [0.25, 0.3) is 0 Å². The maximum atomic E-state index is 12.6. The Hall–Kier alpha value is -4.54. The molecule has 0 aromatic rings. The molecule has 0 rings (SSSR count). The number of rotatable bonds is 29. The van der Waals surface area contributed by atoms with Crippen LogP contribution in [0.2, 0.25) is 0 Å². The molecule has 0 bridgehead atoms. The SMILES string of the molecule is C=C(CCC(=O)NCCN(CCNC(=O)CCC(=O)NCCCC(=O)C(C)(C)C)CCNC(=O)CCC(=O)NCCNC(=O)C(C)(C)C)NCCNC(=O)C(C)(C)C. The lowest BCUT2D eigenvalue weighted by Crippen LogP contribution is -2.43. The van der Waals surface area contributed by atoms with Crippen LogP contribution in [0.25, 0.3) is 0 Å². The van der Waals surface area contributed by atoms with E-state index >= 15 is 0 Å². The molecule has 0 unspecified atom stereocenters. The third kappa shape index (κ3) is 28.8. The molecule has 0 heterocycles. The first-order valence-corrected chi connectivity index (χ1v) is 20.5. The Kier molecular flexibility index (Phi) is 25.8. The molecule has 0 fully saturated rings. The first kappa shape index (κ1) is 53.5. The van der Waals surface area contributed by atoms with Crippen LogP contribution in [-0.2, 0) is 38.4 Å². The van der Waals surface area contributed by atoms with E-state index < -0.39 is 16.2 Å². The monoisotopic (exact) mass is 822 g/mol. The summed E-state index contributed by atoms with van der Waals surface area (Å²) in [6.45, 7) is 24.4. The van der Waals surface area contributed by atoms with Crippen molar-refractivity contribution in [3.63, 3.8) is 0 Å². The Morgan fingerprint density at radius 1 is 0.379 bits per heavy atom. The van der Waals surface area contributed by atoms with Crippen LogP contribution >= 0.6 is 0 Å². The fourth-order valence-corrected chi connectivity index (χ4v) is 4.82. The largest absolute Gasteiger partial charge is 0.387 e. The van der Waals surface area contributed by atoms with Crippen LogP contribution in [0.1, 0.15) is 114 Å². The van der Waals surface area contributed by atoms with E-state index in [4.69, 9.17) is 0 Å². The van der Waals surface area contributed by atoms with E-state index in [2.05, 4.69) is 49.1 Å². The van der Waals surface area contributed by atoms with Gasteiger partial charge in [0.2, 0.25) is 41.4 Å². The average molecular weight is 822 g/mol. The van der Waals surface area contributed by atoms with Crippen LogP contribution in [0, 0.1) is 16.2 Å². The summed E-state index contributed by atoms with van der Waals surface area (Å²) in [5.41, 5.74) is -0.741. The fraction of sp³-hybridized carbons (Fsp3) is 0.756. The van der Waals surface area contributed by atoms with Gasteiger partial charge >= 0.3 is 0 Å². The second-order valence-corrected chi connectivity index (χ2v) is 17.4. The average Bonchev–Trinajstić information content (AvgIpc) is 3.12. The van der Waals surface area contributed by atoms with Gasteiger partial charge in [-0.15, -0.1) is 0 Å². The van der Waals surface area contributed by atoms with Gasteiger partial charge in [0.15, 0.2) is 0 Å². The van der Waals surface area contributed by atoms with Crippen molar-refractivity contribution in [2.75, 3.05) is 72.0 Å². The number of ketones is 1. The summed E-state index contributed by atoms with van der Waals surface area (Å²) in [4.78, 5) is 99.8. The number of hydrogen-bond donors (Lipinski definition) is 8. The number of amides is 7. The molecule has 0 saturated heterocycles. The first-order valence-electron chi connectivity index (χ1n) is 20.5. The van der Waals surface area contributed by atoms with Gasteiger partial charge in [-0.1, -0.05) is 68.9 Å². The van der Waals surface area contributed by atoms with E-state index in [1.54, 1.807) is 20.8 Å². The van der Waals surface area contributed by atoms with E-state index in [1.165, 1.54) is 0 Å². The summed E-state index contributed by atoms with van der Waals surface area (Å²) in [6.07, 6.45) is 1.54. The zero-order valence-electron chi connectivity index (χ0n) is 36.9. The highest BCUT2D eigenvalue weighted by Gasteiger charge is 2.22. The third-order valence-corrected chi connectivity index (χ3v) is 8.68. The van der Waals surface area contributed by atoms with Gasteiger partial charge in [0.1, 0.15) is 5.78 Å². The Balaban J connectivity index is 4.78. The summed E-state index contributed by atoms with van der Waals surface area (Å²) < 4.78 is 0. The van der Waals surface area contributed by atoms with Crippen LogP contribution in [0.4, 0.5) is 0 Å². The quantitative estimate of drug-likeness (QED) is 0.0499. The maximum absolute atomic E-state index is 12.6. The van der Waals surface area contributed by atoms with Crippen molar-refractivity contribution >= 4 is 47.1 Å². The van der Waals surface area contributed by atoms with Crippen LogP contribution in [0.3, 0.4) is 0 Å². The van der Waals surface area contributed by atoms with Gasteiger partial charge in [-0.2, -0.15) is 0 Å². The Morgan fingerprint density at radius 2 is 0.690 bits per heavy atom. The van der Waals surface area contributed by atoms with Crippen molar-refractivity contribution in [1.82, 2.24) is 47.4 Å². The number of Topliss-reactive ketones (excluding diaryl/α,β-unsaturated/α-hetero) is 1. The normalized spacial score (nSPS) is 11.6. The molecule has 0 aromatic carbocycles. The molecule has 8 N–H and O–H groups in total. The summed E-state index contributed by atoms with van der Waals surface area (Å²) >= 11 is 0. The van der Waals surface area contributed by atoms with Gasteiger partial charge < -0.3 is 42.5 Å². The molecule has 7 amide bonds. The van der Waals surface area contributed by atoms with Crippen molar-refractivity contribution in [2.45, 2.75) is 114 Å². The minimum atomic E-state index is -0.529. The molecule has 0 saturated carbocycles. The highest BCUT2D eigenvalue weighted by atomic mass is 16.2. The number of hydrogen-bond acceptors (Lipinski definition) is 10. The van der Waals surface area contributed by atoms with Gasteiger partial charge in [-0.05, 0) is 12.8 Å². The lowest BCUT2D eigenvalue weighted by Gasteiger charge is -2.23. The van der Waals surface area contributed by atoms with Crippen molar-refractivity contribution in [3.05, 3.63) is 12.3 Å². The van der Waals surface area contributed by atoms with Crippen molar-refractivity contribution in [1.29, 1.82) is 0 Å². The third-order valence-electron chi connectivity index (χ3n) is 8.68. The number of carbonyl (C=O) groups is 8. The second kappa shape index (κ2) is 28.0. The minimum Gasteiger partial charge on any atom is -0.387 e. The molecule has 58 heavy (non-hydrogen) atoms. The van der Waals surface area contributed by atoms with Crippen LogP contribution in [0.15, 0.2) is 12.3 Å². The maximum Gasteiger partial charge on any atom is 0.225 e. The van der Waals surface area contributed by atoms with Gasteiger partial charge in [0.05, 0.1) is 0 Å². The lowest BCUT2D eigenvalue weighted by molar-refractivity contribution is -0.129. The standard InChI is InChI=1S/C41H75N9O8/c1-30(42-20-22-48-37(57)40(5,6)7)13-14-32(52)45-24-27-50(28-25-46-35(55)17-15-33(53)43-19-11-12-31(51)39(2,3)4)29-26-47-36(56)18-16-34(54)44-21-23-49-38(58)41(8,9)10/h42H,1,11-29H2,2-10H3,(H,43,53)(H,44,54)(H,45,52)(H,46,55)(H,47,56)(H,48,57)(H,49,58). The summed E-state index contributed by atoms with van der Waals surface area (Å²) in [5, 5.41) is 22.7. The zero-order chi connectivity index (χ0) is 44.4. The Bertz CT molecular complexity index is 1200. The topological polar surface area (TPSA) is 236 Å². The predicted octanol–water partition coefficient (Wildman–Crippen LogP) is 1.03. The molecule has 17 nitrogen and oxygen atoms in total. The fourth-order valence-electron chi connectivity index (χ4n) is 4.82. The molecule has 332 valence electrons. The molecule has 17 heteroatoms. The van der Waals surface area contributed by atoms with E-state index in [9.17, 15) is 38.4 Å². The molecular formula is C41H75N9O8. The lowest BCUT2D eigenvalue weighted by atomic mass is 9.88. The number of allylic oxidation sites excluding steroid dienone is 1. The molecule has 0 aliphatic carbocycles. The molecule has 0 aromatic heterocycles. The van der Waals surface area contributed by atoms with Gasteiger partial charge in [0, 0.05) is 132 Å². The molecule has 0 radical (unpaired) electrons. The summed E-state index contributed by atoms with van der Waals surface area (Å²) in [7, 11) is 0. The van der Waals surface area contributed by atoms with Gasteiger partial charge in [-0.3, -0.25) is 43.3 Å². The smallest absolute Gasteiger partial charge is 0.225 e. The van der Waals surface area contributed by atoms with E-state index in [-0.39, 0.29) is 105 Å². The van der Waals surface area contributed by atoms with E-state index in [0.29, 0.717) is 70.8 Å². The first-order chi connectivity index (χ1) is 26.9. The number of nitrogens with zero attached hydrogens (tertiary/aromatic N) is 1. The van der Waals surface area contributed by atoms with E-state index in [0.717, 1.165) is 0 Å². The van der Waals surface area contributed by atoms with Crippen LogP contribution < -0.4 is 42.5 Å². The van der Waals surface area contributed by atoms with Crippen LogP contribution in [-0.4, -0.2) is 124 Å². The van der Waals surface area contributed by atoms with Crippen molar-refractivity contribution < 1.29 is 38.4 Å². The zero-order valence-corrected chi connectivity index (χ0v) is 36.9. The van der Waals surface area contributed by atoms with Crippen molar-refractivity contribution in [2.24, 2.45) is 16.2 Å².